The number of nitrogens with zero attached hydrogens (tertiary/aromatic N) is 1. The lowest BCUT2D eigenvalue weighted by atomic mass is 10.1. The molecule has 0 spiro atoms. The van der Waals surface area contributed by atoms with Crippen LogP contribution in [0.4, 0.5) is 5.69 Å². The number of hydrogen-bond acceptors (Lipinski definition) is 5. The topological polar surface area (TPSA) is 117 Å². The average molecular weight is 359 g/mol. The van der Waals surface area contributed by atoms with E-state index in [1.165, 1.54) is 0 Å². The predicted octanol–water partition coefficient (Wildman–Crippen LogP) is 2.68. The standard InChI is InChI=1S/C21H21N5O/c22-14-21(11-12-21)26-20(27)16-7-4-8-17(13-16)25-19(24)10-9-18(23)15-5-2-1-3-6-15/h1-10,13,25H,11-12,23-24H2,(H,26,27)/b18-9-,19-10+. The number of rotatable bonds is 6. The molecule has 136 valence electrons. The minimum atomic E-state index is -0.695. The van der Waals surface area contributed by atoms with Gasteiger partial charge in [0.15, 0.2) is 0 Å². The van der Waals surface area contributed by atoms with Gasteiger partial charge in [-0.05, 0) is 48.8 Å². The molecule has 0 heterocycles. The number of carbonyl (C=O) groups is 1. The number of nitrogens with two attached hydrogens (primary N) is 2. The fourth-order valence-electron chi connectivity index (χ4n) is 2.53. The second-order valence-corrected chi connectivity index (χ2v) is 6.46. The highest BCUT2D eigenvalue weighted by Crippen LogP contribution is 2.34. The lowest BCUT2D eigenvalue weighted by molar-refractivity contribution is 0.0941. The second-order valence-electron chi connectivity index (χ2n) is 6.46. The van der Waals surface area contributed by atoms with Crippen LogP contribution < -0.4 is 22.1 Å². The molecular weight excluding hydrogens is 338 g/mol. The van der Waals surface area contributed by atoms with Crippen molar-refractivity contribution in [3.63, 3.8) is 0 Å². The summed E-state index contributed by atoms with van der Waals surface area (Å²) < 4.78 is 0. The SMILES string of the molecule is N#CC1(NC(=O)c2cccc(N/C(N)=C/C=C(\N)c3ccccc3)c2)CC1. The average Bonchev–Trinajstić information content (AvgIpc) is 3.47. The molecule has 6 heteroatoms. The van der Waals surface area contributed by atoms with E-state index in [1.54, 1.807) is 36.4 Å². The van der Waals surface area contributed by atoms with Gasteiger partial charge in [0.2, 0.25) is 0 Å². The molecule has 0 bridgehead atoms. The molecule has 0 saturated heterocycles. The largest absolute Gasteiger partial charge is 0.398 e. The molecule has 2 aromatic carbocycles. The molecule has 0 atom stereocenters. The Bertz CT molecular complexity index is 937. The van der Waals surface area contributed by atoms with Crippen molar-refractivity contribution in [1.29, 1.82) is 5.26 Å². The molecule has 1 aliphatic carbocycles. The summed E-state index contributed by atoms with van der Waals surface area (Å²) in [6.45, 7) is 0. The summed E-state index contributed by atoms with van der Waals surface area (Å²) in [6, 6.07) is 18.7. The van der Waals surface area contributed by atoms with Gasteiger partial charge in [-0.15, -0.1) is 0 Å². The number of nitriles is 1. The lowest BCUT2D eigenvalue weighted by Gasteiger charge is -2.11. The zero-order valence-corrected chi connectivity index (χ0v) is 14.8. The fraction of sp³-hybridized carbons (Fsp3) is 0.143. The summed E-state index contributed by atoms with van der Waals surface area (Å²) in [5, 5.41) is 14.9. The highest BCUT2D eigenvalue weighted by Gasteiger charge is 2.44. The van der Waals surface area contributed by atoms with Crippen molar-refractivity contribution in [2.45, 2.75) is 18.4 Å². The van der Waals surface area contributed by atoms with E-state index in [1.807, 2.05) is 30.3 Å². The molecule has 0 aliphatic heterocycles. The number of carbonyl (C=O) groups excluding carboxylic acids is 1. The van der Waals surface area contributed by atoms with Crippen LogP contribution in [0.3, 0.4) is 0 Å². The van der Waals surface area contributed by atoms with E-state index < -0.39 is 5.54 Å². The van der Waals surface area contributed by atoms with Crippen LogP contribution in [0.5, 0.6) is 0 Å². The van der Waals surface area contributed by atoms with Gasteiger partial charge in [-0.3, -0.25) is 4.79 Å². The van der Waals surface area contributed by atoms with Gasteiger partial charge in [-0.1, -0.05) is 36.4 Å². The van der Waals surface area contributed by atoms with Crippen LogP contribution in [0.25, 0.3) is 5.70 Å². The van der Waals surface area contributed by atoms with E-state index in [9.17, 15) is 4.79 Å². The predicted molar refractivity (Wildman–Crippen MR) is 106 cm³/mol. The van der Waals surface area contributed by atoms with Crippen LogP contribution in [-0.2, 0) is 0 Å². The zero-order chi connectivity index (χ0) is 19.3. The van der Waals surface area contributed by atoms with Gasteiger partial charge in [-0.2, -0.15) is 5.26 Å². The van der Waals surface area contributed by atoms with E-state index in [2.05, 4.69) is 16.7 Å². The fourth-order valence-corrected chi connectivity index (χ4v) is 2.53. The molecule has 3 rings (SSSR count). The van der Waals surface area contributed by atoms with E-state index in [0.717, 1.165) is 5.56 Å². The van der Waals surface area contributed by atoms with Crippen LogP contribution in [0.2, 0.25) is 0 Å². The molecule has 1 fully saturated rings. The number of hydrogen-bond donors (Lipinski definition) is 4. The molecule has 0 aromatic heterocycles. The summed E-state index contributed by atoms with van der Waals surface area (Å²) in [5.41, 5.74) is 14.0. The Morgan fingerprint density at radius 3 is 2.41 bits per heavy atom. The zero-order valence-electron chi connectivity index (χ0n) is 14.8. The van der Waals surface area contributed by atoms with Crippen molar-refractivity contribution in [3.05, 3.63) is 83.7 Å². The second kappa shape index (κ2) is 7.67. The lowest BCUT2D eigenvalue weighted by Crippen LogP contribution is -2.35. The first-order valence-corrected chi connectivity index (χ1v) is 8.60. The van der Waals surface area contributed by atoms with Crippen molar-refractivity contribution in [3.8, 4) is 6.07 Å². The molecule has 27 heavy (non-hydrogen) atoms. The Kier molecular flexibility index (Phi) is 5.13. The summed E-state index contributed by atoms with van der Waals surface area (Å²) in [7, 11) is 0. The Balaban J connectivity index is 1.67. The number of benzene rings is 2. The summed E-state index contributed by atoms with van der Waals surface area (Å²) in [6.07, 6.45) is 4.78. The Labute approximate surface area is 158 Å². The van der Waals surface area contributed by atoms with Crippen LogP contribution in [0, 0.1) is 11.3 Å². The third kappa shape index (κ3) is 4.67. The van der Waals surface area contributed by atoms with Crippen molar-refractivity contribution >= 4 is 17.3 Å². The summed E-state index contributed by atoms with van der Waals surface area (Å²) in [5.74, 6) is 0.121. The van der Waals surface area contributed by atoms with E-state index in [-0.39, 0.29) is 5.91 Å². The Morgan fingerprint density at radius 1 is 1.04 bits per heavy atom. The van der Waals surface area contributed by atoms with Crippen LogP contribution in [0.1, 0.15) is 28.8 Å². The third-order valence-electron chi connectivity index (χ3n) is 4.28. The highest BCUT2D eigenvalue weighted by atomic mass is 16.1. The monoisotopic (exact) mass is 359 g/mol. The summed E-state index contributed by atoms with van der Waals surface area (Å²) >= 11 is 0. The molecule has 0 radical (unpaired) electrons. The normalized spacial score (nSPS) is 15.5. The number of allylic oxidation sites excluding steroid dienone is 2. The van der Waals surface area contributed by atoms with Crippen molar-refractivity contribution < 1.29 is 4.79 Å². The van der Waals surface area contributed by atoms with Gasteiger partial charge in [-0.25, -0.2) is 0 Å². The van der Waals surface area contributed by atoms with E-state index in [0.29, 0.717) is 35.6 Å². The minimum Gasteiger partial charge on any atom is -0.398 e. The van der Waals surface area contributed by atoms with E-state index >= 15 is 0 Å². The molecule has 1 amide bonds. The molecule has 1 saturated carbocycles. The molecular formula is C21H21N5O. The quantitative estimate of drug-likeness (QED) is 0.592. The molecule has 6 N–H and O–H groups in total. The number of nitrogens with one attached hydrogen (secondary N) is 2. The summed E-state index contributed by atoms with van der Waals surface area (Å²) in [4.78, 5) is 12.3. The molecule has 1 aliphatic rings. The highest BCUT2D eigenvalue weighted by molar-refractivity contribution is 5.96. The van der Waals surface area contributed by atoms with Gasteiger partial charge in [0.25, 0.3) is 5.91 Å². The van der Waals surface area contributed by atoms with E-state index in [4.69, 9.17) is 16.7 Å². The van der Waals surface area contributed by atoms with Crippen molar-refractivity contribution in [2.75, 3.05) is 5.32 Å². The van der Waals surface area contributed by atoms with Gasteiger partial charge in [0, 0.05) is 16.9 Å². The smallest absolute Gasteiger partial charge is 0.252 e. The molecule has 6 nitrogen and oxygen atoms in total. The van der Waals surface area contributed by atoms with Crippen molar-refractivity contribution in [1.82, 2.24) is 5.32 Å². The van der Waals surface area contributed by atoms with Gasteiger partial charge >= 0.3 is 0 Å². The van der Waals surface area contributed by atoms with Gasteiger partial charge in [0.1, 0.15) is 11.4 Å². The van der Waals surface area contributed by atoms with Crippen LogP contribution >= 0.6 is 0 Å². The maximum Gasteiger partial charge on any atom is 0.252 e. The first-order chi connectivity index (χ1) is 13.0. The van der Waals surface area contributed by atoms with Gasteiger partial charge in [0.05, 0.1) is 6.07 Å². The molecule has 0 unspecified atom stereocenters. The van der Waals surface area contributed by atoms with Crippen LogP contribution in [-0.4, -0.2) is 11.4 Å². The molecule has 2 aromatic rings. The minimum absolute atomic E-state index is 0.270. The first kappa shape index (κ1) is 18.1. The number of amides is 1. The first-order valence-electron chi connectivity index (χ1n) is 8.60. The van der Waals surface area contributed by atoms with Gasteiger partial charge < -0.3 is 22.1 Å². The maximum absolute atomic E-state index is 12.3. The van der Waals surface area contributed by atoms with Crippen molar-refractivity contribution in [2.24, 2.45) is 11.5 Å². The Morgan fingerprint density at radius 2 is 1.74 bits per heavy atom. The Hall–Kier alpha value is -3.72. The maximum atomic E-state index is 12.3. The number of anilines is 1. The van der Waals surface area contributed by atoms with Crippen LogP contribution in [0.15, 0.2) is 72.6 Å². The third-order valence-corrected chi connectivity index (χ3v) is 4.28.